The Bertz CT molecular complexity index is 1190. The van der Waals surface area contributed by atoms with Crippen molar-refractivity contribution in [1.82, 2.24) is 20.2 Å². The Balaban J connectivity index is 1.24. The van der Waals surface area contributed by atoms with Gasteiger partial charge in [0.2, 0.25) is 0 Å². The average molecular weight is 521 g/mol. The lowest BCUT2D eigenvalue weighted by Crippen LogP contribution is -2.53. The SMILES string of the molecule is O=C(c1cccc(F)c1)N(Cc1cnc[nH]1)c1ccc(N2CCN(C(=S)NC3CCCCC3)CC2)cc1. The predicted octanol–water partition coefficient (Wildman–Crippen LogP) is 4.73. The van der Waals surface area contributed by atoms with Gasteiger partial charge in [-0.2, -0.15) is 0 Å². The number of aromatic nitrogens is 2. The highest BCUT2D eigenvalue weighted by Gasteiger charge is 2.23. The summed E-state index contributed by atoms with van der Waals surface area (Å²) in [5.74, 6) is -0.704. The number of amides is 1. The number of benzene rings is 2. The van der Waals surface area contributed by atoms with Gasteiger partial charge in [0, 0.05) is 55.4 Å². The van der Waals surface area contributed by atoms with Crippen LogP contribution < -0.4 is 15.1 Å². The first kappa shape index (κ1) is 25.2. The van der Waals surface area contributed by atoms with Gasteiger partial charge in [-0.05, 0) is 67.5 Å². The van der Waals surface area contributed by atoms with E-state index in [9.17, 15) is 9.18 Å². The van der Waals surface area contributed by atoms with E-state index >= 15 is 0 Å². The smallest absolute Gasteiger partial charge is 0.258 e. The van der Waals surface area contributed by atoms with Crippen LogP contribution in [-0.4, -0.2) is 58.1 Å². The second-order valence-corrected chi connectivity index (χ2v) is 10.1. The number of piperazine rings is 1. The van der Waals surface area contributed by atoms with Crippen molar-refractivity contribution < 1.29 is 9.18 Å². The molecular weight excluding hydrogens is 487 g/mol. The van der Waals surface area contributed by atoms with Gasteiger partial charge in [0.05, 0.1) is 18.6 Å². The maximum atomic E-state index is 13.8. The van der Waals surface area contributed by atoms with Crippen molar-refractivity contribution in [2.24, 2.45) is 0 Å². The lowest BCUT2D eigenvalue weighted by Gasteiger charge is -2.38. The molecule has 194 valence electrons. The minimum atomic E-state index is -0.435. The molecular formula is C28H33FN6OS. The first-order valence-electron chi connectivity index (χ1n) is 13.0. The number of aromatic amines is 1. The normalized spacial score (nSPS) is 16.5. The number of imidazole rings is 1. The largest absolute Gasteiger partial charge is 0.368 e. The number of hydrogen-bond donors (Lipinski definition) is 2. The number of thiocarbonyl (C=S) groups is 1. The second-order valence-electron chi connectivity index (χ2n) is 9.75. The van der Waals surface area contributed by atoms with Crippen LogP contribution in [0.2, 0.25) is 0 Å². The van der Waals surface area contributed by atoms with Crippen LogP contribution >= 0.6 is 12.2 Å². The minimum absolute atomic E-state index is 0.269. The van der Waals surface area contributed by atoms with E-state index in [4.69, 9.17) is 12.2 Å². The fourth-order valence-corrected chi connectivity index (χ4v) is 5.47. The molecule has 1 saturated carbocycles. The van der Waals surface area contributed by atoms with Crippen LogP contribution in [0, 0.1) is 5.82 Å². The Kier molecular flexibility index (Phi) is 7.99. The monoisotopic (exact) mass is 520 g/mol. The molecule has 1 aliphatic heterocycles. The number of halogens is 1. The first-order valence-corrected chi connectivity index (χ1v) is 13.4. The summed E-state index contributed by atoms with van der Waals surface area (Å²) in [4.78, 5) is 26.7. The van der Waals surface area contributed by atoms with Crippen LogP contribution in [0.4, 0.5) is 15.8 Å². The molecule has 2 fully saturated rings. The van der Waals surface area contributed by atoms with Gasteiger partial charge in [-0.15, -0.1) is 0 Å². The third-order valence-corrected chi connectivity index (χ3v) is 7.60. The van der Waals surface area contributed by atoms with E-state index in [1.54, 1.807) is 29.6 Å². The predicted molar refractivity (Wildman–Crippen MR) is 148 cm³/mol. The molecule has 1 aromatic heterocycles. The Hall–Kier alpha value is -3.46. The van der Waals surface area contributed by atoms with Crippen molar-refractivity contribution in [2.45, 2.75) is 44.7 Å². The van der Waals surface area contributed by atoms with Crippen LogP contribution in [-0.2, 0) is 6.54 Å². The van der Waals surface area contributed by atoms with E-state index in [-0.39, 0.29) is 5.91 Å². The van der Waals surface area contributed by atoms with Crippen molar-refractivity contribution in [3.63, 3.8) is 0 Å². The van der Waals surface area contributed by atoms with Gasteiger partial charge in [0.1, 0.15) is 5.82 Å². The van der Waals surface area contributed by atoms with Crippen molar-refractivity contribution >= 4 is 34.6 Å². The number of anilines is 2. The number of nitrogens with one attached hydrogen (secondary N) is 2. The van der Waals surface area contributed by atoms with Crippen LogP contribution in [0.25, 0.3) is 0 Å². The van der Waals surface area contributed by atoms with Crippen molar-refractivity contribution in [2.75, 3.05) is 36.0 Å². The highest BCUT2D eigenvalue weighted by Crippen LogP contribution is 2.25. The van der Waals surface area contributed by atoms with Crippen LogP contribution in [0.1, 0.15) is 48.2 Å². The van der Waals surface area contributed by atoms with Gasteiger partial charge in [-0.25, -0.2) is 9.37 Å². The summed E-state index contributed by atoms with van der Waals surface area (Å²) in [5.41, 5.74) is 2.94. The zero-order chi connectivity index (χ0) is 25.6. The molecule has 0 bridgehead atoms. The molecule has 2 heterocycles. The zero-order valence-corrected chi connectivity index (χ0v) is 21.7. The summed E-state index contributed by atoms with van der Waals surface area (Å²) in [6.07, 6.45) is 9.61. The number of rotatable bonds is 6. The molecule has 5 rings (SSSR count). The maximum absolute atomic E-state index is 13.8. The number of hydrogen-bond acceptors (Lipinski definition) is 4. The molecule has 1 aliphatic carbocycles. The van der Waals surface area contributed by atoms with Gasteiger partial charge in [0.25, 0.3) is 5.91 Å². The Morgan fingerprint density at radius 2 is 1.84 bits per heavy atom. The molecule has 0 unspecified atom stereocenters. The molecule has 1 amide bonds. The van der Waals surface area contributed by atoms with E-state index in [2.05, 4.69) is 25.1 Å². The fraction of sp³-hybridized carbons (Fsp3) is 0.393. The molecule has 37 heavy (non-hydrogen) atoms. The van der Waals surface area contributed by atoms with Gasteiger partial charge in [-0.3, -0.25) is 4.79 Å². The van der Waals surface area contributed by atoms with Gasteiger partial charge in [-0.1, -0.05) is 25.3 Å². The van der Waals surface area contributed by atoms with Crippen LogP contribution in [0.15, 0.2) is 61.1 Å². The Labute approximate surface area is 222 Å². The summed E-state index contributed by atoms with van der Waals surface area (Å²) in [5, 5.41) is 4.46. The molecule has 9 heteroatoms. The van der Waals surface area contributed by atoms with Gasteiger partial charge < -0.3 is 25.0 Å². The van der Waals surface area contributed by atoms with Crippen LogP contribution in [0.5, 0.6) is 0 Å². The number of carbonyl (C=O) groups excluding carboxylic acids is 1. The highest BCUT2D eigenvalue weighted by atomic mass is 32.1. The van der Waals surface area contributed by atoms with E-state index in [0.29, 0.717) is 18.2 Å². The lowest BCUT2D eigenvalue weighted by molar-refractivity contribution is 0.0984. The number of carbonyl (C=O) groups is 1. The van der Waals surface area contributed by atoms with E-state index in [1.807, 2.05) is 24.3 Å². The second kappa shape index (κ2) is 11.7. The Morgan fingerprint density at radius 3 is 2.51 bits per heavy atom. The molecule has 2 aromatic carbocycles. The first-order chi connectivity index (χ1) is 18.1. The quantitative estimate of drug-likeness (QED) is 0.459. The third-order valence-electron chi connectivity index (χ3n) is 7.23. The standard InChI is InChI=1S/C28H33FN6OS/c29-22-6-4-5-21(17-22)27(36)35(19-24-18-30-20-31-24)26-11-9-25(10-12-26)33-13-15-34(16-14-33)28(37)32-23-7-2-1-3-8-23/h4-6,9-12,17-18,20,23H,1-3,7-8,13-16,19H2,(H,30,31)(H,32,37). The topological polar surface area (TPSA) is 67.5 Å². The fourth-order valence-electron chi connectivity index (χ4n) is 5.12. The van der Waals surface area contributed by atoms with Gasteiger partial charge >= 0.3 is 0 Å². The summed E-state index contributed by atoms with van der Waals surface area (Å²) in [6.45, 7) is 3.82. The van der Waals surface area contributed by atoms with E-state index < -0.39 is 5.82 Å². The molecule has 0 atom stereocenters. The zero-order valence-electron chi connectivity index (χ0n) is 20.9. The van der Waals surface area contributed by atoms with E-state index in [0.717, 1.165) is 48.4 Å². The summed E-state index contributed by atoms with van der Waals surface area (Å²) >= 11 is 5.70. The maximum Gasteiger partial charge on any atom is 0.258 e. The third kappa shape index (κ3) is 6.28. The van der Waals surface area contributed by atoms with Gasteiger partial charge in [0.15, 0.2) is 5.11 Å². The molecule has 2 N–H and O–H groups in total. The summed E-state index contributed by atoms with van der Waals surface area (Å²) < 4.78 is 13.8. The molecule has 0 spiro atoms. The summed E-state index contributed by atoms with van der Waals surface area (Å²) in [6, 6.07) is 14.3. The minimum Gasteiger partial charge on any atom is -0.368 e. The Morgan fingerprint density at radius 1 is 1.08 bits per heavy atom. The highest BCUT2D eigenvalue weighted by molar-refractivity contribution is 7.80. The number of nitrogens with zero attached hydrogens (tertiary/aromatic N) is 4. The summed E-state index contributed by atoms with van der Waals surface area (Å²) in [7, 11) is 0. The van der Waals surface area contributed by atoms with E-state index in [1.165, 1.54) is 44.2 Å². The van der Waals surface area contributed by atoms with Crippen molar-refractivity contribution in [1.29, 1.82) is 0 Å². The van der Waals surface area contributed by atoms with Crippen molar-refractivity contribution in [3.05, 3.63) is 78.1 Å². The molecule has 7 nitrogen and oxygen atoms in total. The van der Waals surface area contributed by atoms with Crippen LogP contribution in [0.3, 0.4) is 0 Å². The molecule has 2 aliphatic rings. The molecule has 3 aromatic rings. The average Bonchev–Trinajstić information content (AvgIpc) is 3.46. The molecule has 1 saturated heterocycles. The lowest BCUT2D eigenvalue weighted by atomic mass is 9.96. The van der Waals surface area contributed by atoms with Crippen molar-refractivity contribution in [3.8, 4) is 0 Å². The number of H-pyrrole nitrogens is 1. The molecule has 0 radical (unpaired) electrons.